The molecular weight excluding hydrogens is 208 g/mol. The molecule has 0 bridgehead atoms. The lowest BCUT2D eigenvalue weighted by atomic mass is 9.61. The molecule has 0 aromatic rings. The van der Waals surface area contributed by atoms with Crippen LogP contribution in [0, 0.1) is 17.3 Å². The summed E-state index contributed by atoms with van der Waals surface area (Å²) >= 11 is 0. The van der Waals surface area contributed by atoms with Gasteiger partial charge in [0.15, 0.2) is 0 Å². The highest BCUT2D eigenvalue weighted by molar-refractivity contribution is 4.88. The monoisotopic (exact) mass is 242 g/mol. The second-order valence-corrected chi connectivity index (χ2v) is 6.49. The highest BCUT2D eigenvalue weighted by atomic mass is 14.4. The first kappa shape index (κ1) is 16.9. The van der Waals surface area contributed by atoms with Crippen LogP contribution in [-0.4, -0.2) is 0 Å². The lowest BCUT2D eigenvalue weighted by Crippen LogP contribution is -2.35. The molecule has 2 rings (SSSR count). The van der Waals surface area contributed by atoms with Crippen molar-refractivity contribution in [2.75, 3.05) is 0 Å². The van der Waals surface area contributed by atoms with Gasteiger partial charge in [0.1, 0.15) is 0 Å². The van der Waals surface area contributed by atoms with Crippen molar-refractivity contribution in [2.24, 2.45) is 17.3 Å². The fourth-order valence-corrected chi connectivity index (χ4v) is 4.03. The van der Waals surface area contributed by atoms with Gasteiger partial charge in [-0.1, -0.05) is 52.4 Å². The van der Waals surface area contributed by atoms with E-state index in [0.717, 1.165) is 11.8 Å². The lowest BCUT2D eigenvalue weighted by molar-refractivity contribution is 0.0587. The van der Waals surface area contributed by atoms with Crippen LogP contribution in [0.3, 0.4) is 0 Å². The van der Waals surface area contributed by atoms with Crippen LogP contribution in [0.25, 0.3) is 0 Å². The zero-order valence-corrected chi connectivity index (χ0v) is 12.1. The summed E-state index contributed by atoms with van der Waals surface area (Å²) in [5.74, 6) is 2.07. The van der Waals surface area contributed by atoms with Crippen molar-refractivity contribution >= 4 is 0 Å². The second kappa shape index (κ2) is 7.38. The van der Waals surface area contributed by atoms with E-state index in [1.54, 1.807) is 0 Å². The molecule has 2 fully saturated rings. The van der Waals surface area contributed by atoms with Gasteiger partial charge < -0.3 is 12.3 Å². The summed E-state index contributed by atoms with van der Waals surface area (Å²) in [7, 11) is 0. The summed E-state index contributed by atoms with van der Waals surface area (Å²) in [6.07, 6.45) is 15.1. The molecule has 0 saturated heterocycles. The molecule has 2 heteroatoms. The molecule has 2 aliphatic rings. The molecule has 0 radical (unpaired) electrons. The third-order valence-corrected chi connectivity index (χ3v) is 5.31. The topological polar surface area (TPSA) is 70.0 Å². The van der Waals surface area contributed by atoms with Gasteiger partial charge in [0, 0.05) is 0 Å². The van der Waals surface area contributed by atoms with Crippen molar-refractivity contribution in [2.45, 2.75) is 78.1 Å². The molecule has 0 spiro atoms. The van der Waals surface area contributed by atoms with Gasteiger partial charge in [0.25, 0.3) is 0 Å². The van der Waals surface area contributed by atoms with Crippen LogP contribution >= 0.6 is 0 Å². The second-order valence-electron chi connectivity index (χ2n) is 6.49. The molecule has 2 aliphatic carbocycles. The molecular formula is C15H34N2. The van der Waals surface area contributed by atoms with Gasteiger partial charge in [0.05, 0.1) is 0 Å². The van der Waals surface area contributed by atoms with Gasteiger partial charge in [-0.05, 0) is 42.9 Å². The lowest BCUT2D eigenvalue weighted by Gasteiger charge is -2.44. The fraction of sp³-hybridized carbons (Fsp3) is 1.00. The molecule has 17 heavy (non-hydrogen) atoms. The Kier molecular flexibility index (Phi) is 7.34. The normalized spacial score (nSPS) is 23.6. The van der Waals surface area contributed by atoms with E-state index < -0.39 is 0 Å². The standard InChI is InChI=1S/C15H28.2H3N/c1-15(2,13-9-5-3-6-10-13)14-11-7-4-8-12-14;;/h13-14H,3-12H2,1-2H3;2*1H3. The van der Waals surface area contributed by atoms with Crippen molar-refractivity contribution in [3.05, 3.63) is 0 Å². The van der Waals surface area contributed by atoms with E-state index in [9.17, 15) is 0 Å². The Labute approximate surface area is 108 Å². The zero-order chi connectivity index (χ0) is 10.7. The van der Waals surface area contributed by atoms with E-state index in [4.69, 9.17) is 0 Å². The molecule has 2 saturated carbocycles. The van der Waals surface area contributed by atoms with E-state index in [0.29, 0.717) is 5.41 Å². The summed E-state index contributed by atoms with van der Waals surface area (Å²) in [6, 6.07) is 0. The minimum Gasteiger partial charge on any atom is -0.344 e. The highest BCUT2D eigenvalue weighted by Crippen LogP contribution is 2.48. The molecule has 0 aliphatic heterocycles. The Bertz CT molecular complexity index is 169. The van der Waals surface area contributed by atoms with Crippen molar-refractivity contribution in [3.63, 3.8) is 0 Å². The largest absolute Gasteiger partial charge is 0.344 e. The molecule has 6 N–H and O–H groups in total. The SMILES string of the molecule is CC(C)(C1CCCCC1)C1CCCCC1.N.N. The Balaban J connectivity index is 0.00000128. The summed E-state index contributed by atoms with van der Waals surface area (Å²) in [5, 5.41) is 0. The van der Waals surface area contributed by atoms with Gasteiger partial charge in [-0.25, -0.2) is 0 Å². The number of rotatable bonds is 2. The van der Waals surface area contributed by atoms with E-state index in [1.165, 1.54) is 64.2 Å². The van der Waals surface area contributed by atoms with Gasteiger partial charge >= 0.3 is 0 Å². The van der Waals surface area contributed by atoms with E-state index in [1.807, 2.05) is 0 Å². The minimum absolute atomic E-state index is 0. The van der Waals surface area contributed by atoms with Crippen LogP contribution in [-0.2, 0) is 0 Å². The van der Waals surface area contributed by atoms with Gasteiger partial charge in [-0.3, -0.25) is 0 Å². The molecule has 0 amide bonds. The van der Waals surface area contributed by atoms with Crippen LogP contribution in [0.1, 0.15) is 78.1 Å². The van der Waals surface area contributed by atoms with E-state index >= 15 is 0 Å². The predicted molar refractivity (Wildman–Crippen MR) is 77.0 cm³/mol. The van der Waals surface area contributed by atoms with Crippen LogP contribution in [0.4, 0.5) is 0 Å². The van der Waals surface area contributed by atoms with Crippen LogP contribution in [0.5, 0.6) is 0 Å². The first-order valence-electron chi connectivity index (χ1n) is 7.21. The van der Waals surface area contributed by atoms with E-state index in [-0.39, 0.29) is 12.3 Å². The molecule has 0 aromatic heterocycles. The van der Waals surface area contributed by atoms with Crippen molar-refractivity contribution < 1.29 is 0 Å². The maximum Gasteiger partial charge on any atom is -0.0298 e. The van der Waals surface area contributed by atoms with Crippen LogP contribution in [0.2, 0.25) is 0 Å². The zero-order valence-electron chi connectivity index (χ0n) is 12.1. The average Bonchev–Trinajstić information content (AvgIpc) is 2.31. The molecule has 0 aromatic carbocycles. The first-order chi connectivity index (χ1) is 7.21. The average molecular weight is 242 g/mol. The molecule has 0 heterocycles. The summed E-state index contributed by atoms with van der Waals surface area (Å²) in [6.45, 7) is 5.14. The maximum atomic E-state index is 2.57. The smallest absolute Gasteiger partial charge is 0.0298 e. The predicted octanol–water partition coefficient (Wildman–Crippen LogP) is 5.50. The van der Waals surface area contributed by atoms with Crippen molar-refractivity contribution in [1.82, 2.24) is 12.3 Å². The quantitative estimate of drug-likeness (QED) is 0.671. The van der Waals surface area contributed by atoms with E-state index in [2.05, 4.69) is 13.8 Å². The Hall–Kier alpha value is -0.0800. The number of hydrogen-bond donors (Lipinski definition) is 2. The van der Waals surface area contributed by atoms with Crippen LogP contribution < -0.4 is 12.3 Å². The molecule has 104 valence electrons. The first-order valence-corrected chi connectivity index (χ1v) is 7.21. The van der Waals surface area contributed by atoms with Crippen LogP contribution in [0.15, 0.2) is 0 Å². The summed E-state index contributed by atoms with van der Waals surface area (Å²) in [5.41, 5.74) is 0.640. The van der Waals surface area contributed by atoms with Gasteiger partial charge in [0.2, 0.25) is 0 Å². The van der Waals surface area contributed by atoms with Gasteiger partial charge in [-0.15, -0.1) is 0 Å². The Morgan fingerprint density at radius 2 is 0.882 bits per heavy atom. The summed E-state index contributed by atoms with van der Waals surface area (Å²) in [4.78, 5) is 0. The Morgan fingerprint density at radius 3 is 1.18 bits per heavy atom. The highest BCUT2D eigenvalue weighted by Gasteiger charge is 2.37. The maximum absolute atomic E-state index is 2.57. The molecule has 0 atom stereocenters. The Morgan fingerprint density at radius 1 is 0.588 bits per heavy atom. The van der Waals surface area contributed by atoms with Gasteiger partial charge in [-0.2, -0.15) is 0 Å². The summed E-state index contributed by atoms with van der Waals surface area (Å²) < 4.78 is 0. The van der Waals surface area contributed by atoms with Crippen molar-refractivity contribution in [3.8, 4) is 0 Å². The number of hydrogen-bond acceptors (Lipinski definition) is 2. The third-order valence-electron chi connectivity index (χ3n) is 5.31. The van der Waals surface area contributed by atoms with Crippen molar-refractivity contribution in [1.29, 1.82) is 0 Å². The fourth-order valence-electron chi connectivity index (χ4n) is 4.03. The molecule has 2 nitrogen and oxygen atoms in total. The minimum atomic E-state index is 0. The third kappa shape index (κ3) is 3.96. The molecule has 0 unspecified atom stereocenters.